The lowest BCUT2D eigenvalue weighted by Gasteiger charge is -2.12. The highest BCUT2D eigenvalue weighted by Gasteiger charge is 2.13. The van der Waals surface area contributed by atoms with Crippen molar-refractivity contribution >= 4 is 5.91 Å². The predicted molar refractivity (Wildman–Crippen MR) is 99.5 cm³/mol. The van der Waals surface area contributed by atoms with Gasteiger partial charge in [-0.05, 0) is 37.3 Å². The molecule has 0 saturated carbocycles. The van der Waals surface area contributed by atoms with Crippen molar-refractivity contribution in [2.75, 3.05) is 6.61 Å². The molecule has 1 heterocycles. The highest BCUT2D eigenvalue weighted by atomic mass is 19.1. The number of aromatic nitrogens is 1. The van der Waals surface area contributed by atoms with Gasteiger partial charge in [-0.1, -0.05) is 24.3 Å². The maximum absolute atomic E-state index is 13.3. The van der Waals surface area contributed by atoms with Crippen LogP contribution in [-0.4, -0.2) is 17.5 Å². The molecule has 3 aromatic rings. The Morgan fingerprint density at radius 1 is 1.11 bits per heavy atom. The molecule has 2 aromatic carbocycles. The van der Waals surface area contributed by atoms with E-state index in [0.717, 1.165) is 0 Å². The zero-order valence-electron chi connectivity index (χ0n) is 14.8. The molecule has 0 fully saturated rings. The Morgan fingerprint density at radius 3 is 2.78 bits per heavy atom. The molecule has 0 atom stereocenters. The first-order valence-corrected chi connectivity index (χ1v) is 8.54. The van der Waals surface area contributed by atoms with Gasteiger partial charge in [0.1, 0.15) is 17.3 Å². The van der Waals surface area contributed by atoms with Crippen LogP contribution in [0.25, 0.3) is 0 Å². The zero-order valence-corrected chi connectivity index (χ0v) is 14.8. The molecule has 0 unspecified atom stereocenters. The van der Waals surface area contributed by atoms with Crippen molar-refractivity contribution < 1.29 is 18.7 Å². The van der Waals surface area contributed by atoms with E-state index in [2.05, 4.69) is 10.3 Å². The van der Waals surface area contributed by atoms with Gasteiger partial charge in [-0.2, -0.15) is 0 Å². The van der Waals surface area contributed by atoms with E-state index >= 15 is 0 Å². The van der Waals surface area contributed by atoms with E-state index in [1.165, 1.54) is 12.1 Å². The Bertz CT molecular complexity index is 931. The van der Waals surface area contributed by atoms with Crippen molar-refractivity contribution in [2.45, 2.75) is 13.5 Å². The summed E-state index contributed by atoms with van der Waals surface area (Å²) in [4.78, 5) is 16.7. The van der Waals surface area contributed by atoms with E-state index in [1.54, 1.807) is 48.7 Å². The topological polar surface area (TPSA) is 60.5 Å². The maximum Gasteiger partial charge on any atom is 0.255 e. The molecule has 1 amide bonds. The fourth-order valence-corrected chi connectivity index (χ4v) is 2.50. The van der Waals surface area contributed by atoms with Crippen LogP contribution in [0.5, 0.6) is 17.4 Å². The second-order valence-electron chi connectivity index (χ2n) is 5.64. The highest BCUT2D eigenvalue weighted by Crippen LogP contribution is 2.24. The highest BCUT2D eigenvalue weighted by molar-refractivity contribution is 5.96. The molecule has 3 rings (SSSR count). The number of ether oxygens (including phenoxy) is 2. The maximum atomic E-state index is 13.3. The smallest absolute Gasteiger partial charge is 0.255 e. The first-order valence-electron chi connectivity index (χ1n) is 8.54. The summed E-state index contributed by atoms with van der Waals surface area (Å²) in [5, 5.41) is 2.84. The van der Waals surface area contributed by atoms with Gasteiger partial charge in [0.15, 0.2) is 0 Å². The fraction of sp³-hybridized carbons (Fsp3) is 0.143. The number of carbonyl (C=O) groups excluding carboxylic acids is 1. The van der Waals surface area contributed by atoms with E-state index in [1.807, 2.05) is 13.0 Å². The van der Waals surface area contributed by atoms with Crippen molar-refractivity contribution in [1.82, 2.24) is 10.3 Å². The normalized spacial score (nSPS) is 10.3. The fourth-order valence-electron chi connectivity index (χ4n) is 2.50. The van der Waals surface area contributed by atoms with Crippen LogP contribution in [0.3, 0.4) is 0 Å². The number of hydrogen-bond acceptors (Lipinski definition) is 4. The summed E-state index contributed by atoms with van der Waals surface area (Å²) in [6.07, 6.45) is 1.57. The Morgan fingerprint density at radius 2 is 1.96 bits per heavy atom. The van der Waals surface area contributed by atoms with E-state index in [0.29, 0.717) is 35.1 Å². The molecule has 1 N–H and O–H groups in total. The second-order valence-corrected chi connectivity index (χ2v) is 5.64. The minimum atomic E-state index is -0.397. The largest absolute Gasteiger partial charge is 0.493 e. The van der Waals surface area contributed by atoms with Crippen molar-refractivity contribution in [3.8, 4) is 17.4 Å². The van der Waals surface area contributed by atoms with Gasteiger partial charge in [-0.25, -0.2) is 9.37 Å². The van der Waals surface area contributed by atoms with E-state index in [4.69, 9.17) is 9.47 Å². The Hall–Kier alpha value is -3.41. The van der Waals surface area contributed by atoms with Gasteiger partial charge in [0.25, 0.3) is 5.91 Å². The number of amides is 1. The molecule has 0 bridgehead atoms. The van der Waals surface area contributed by atoms with Gasteiger partial charge in [-0.3, -0.25) is 4.79 Å². The van der Waals surface area contributed by atoms with Gasteiger partial charge in [-0.15, -0.1) is 0 Å². The summed E-state index contributed by atoms with van der Waals surface area (Å²) >= 11 is 0. The first-order chi connectivity index (χ1) is 13.2. The third-order valence-corrected chi connectivity index (χ3v) is 3.73. The zero-order chi connectivity index (χ0) is 19.1. The molecule has 5 nitrogen and oxygen atoms in total. The van der Waals surface area contributed by atoms with Crippen LogP contribution in [0.1, 0.15) is 22.8 Å². The lowest BCUT2D eigenvalue weighted by Crippen LogP contribution is -2.23. The standard InChI is InChI=1S/C21H19FN2O3/c1-2-26-19-11-4-3-10-18(19)20(25)24-14-15-7-6-12-23-21(15)27-17-9-5-8-16(22)13-17/h3-13H,2,14H2,1H3,(H,24,25). The lowest BCUT2D eigenvalue weighted by atomic mass is 10.2. The molecule has 0 radical (unpaired) electrons. The number of pyridine rings is 1. The van der Waals surface area contributed by atoms with Crippen LogP contribution in [0.2, 0.25) is 0 Å². The molecular formula is C21H19FN2O3. The molecule has 0 aliphatic heterocycles. The monoisotopic (exact) mass is 366 g/mol. The Balaban J connectivity index is 1.72. The van der Waals surface area contributed by atoms with Crippen molar-refractivity contribution in [3.05, 3.63) is 83.8 Å². The van der Waals surface area contributed by atoms with Gasteiger partial charge < -0.3 is 14.8 Å². The summed E-state index contributed by atoms with van der Waals surface area (Å²) in [7, 11) is 0. The number of carbonyl (C=O) groups is 1. The predicted octanol–water partition coefficient (Wildman–Crippen LogP) is 4.34. The number of nitrogens with zero attached hydrogens (tertiary/aromatic N) is 1. The number of benzene rings is 2. The number of nitrogens with one attached hydrogen (secondary N) is 1. The van der Waals surface area contributed by atoms with Gasteiger partial charge >= 0.3 is 0 Å². The van der Waals surface area contributed by atoms with Crippen LogP contribution < -0.4 is 14.8 Å². The number of halogens is 1. The third-order valence-electron chi connectivity index (χ3n) is 3.73. The van der Waals surface area contributed by atoms with Gasteiger partial charge in [0.2, 0.25) is 5.88 Å². The van der Waals surface area contributed by atoms with Crippen molar-refractivity contribution in [2.24, 2.45) is 0 Å². The van der Waals surface area contributed by atoms with E-state index < -0.39 is 5.82 Å². The summed E-state index contributed by atoms with van der Waals surface area (Å²) in [6.45, 7) is 2.54. The van der Waals surface area contributed by atoms with Crippen LogP contribution >= 0.6 is 0 Å². The molecule has 6 heteroatoms. The Labute approximate surface area is 156 Å². The van der Waals surface area contributed by atoms with Crippen LogP contribution in [0.15, 0.2) is 66.9 Å². The minimum Gasteiger partial charge on any atom is -0.493 e. The summed E-state index contributed by atoms with van der Waals surface area (Å²) in [6, 6.07) is 16.4. The summed E-state index contributed by atoms with van der Waals surface area (Å²) in [5.41, 5.74) is 1.12. The van der Waals surface area contributed by atoms with Crippen LogP contribution in [-0.2, 0) is 6.54 Å². The number of para-hydroxylation sites is 1. The first kappa shape index (κ1) is 18.4. The molecule has 0 spiro atoms. The average Bonchev–Trinajstić information content (AvgIpc) is 2.68. The lowest BCUT2D eigenvalue weighted by molar-refractivity contribution is 0.0947. The molecule has 1 aromatic heterocycles. The van der Waals surface area contributed by atoms with Crippen LogP contribution in [0, 0.1) is 5.82 Å². The van der Waals surface area contributed by atoms with Crippen molar-refractivity contribution in [3.63, 3.8) is 0 Å². The summed E-state index contributed by atoms with van der Waals surface area (Å²) < 4.78 is 24.5. The molecular weight excluding hydrogens is 347 g/mol. The van der Waals surface area contributed by atoms with Crippen LogP contribution in [0.4, 0.5) is 4.39 Å². The summed E-state index contributed by atoms with van der Waals surface area (Å²) in [5.74, 6) is 0.509. The Kier molecular flexibility index (Phi) is 5.99. The minimum absolute atomic E-state index is 0.206. The average molecular weight is 366 g/mol. The molecule has 0 saturated heterocycles. The van der Waals surface area contributed by atoms with Gasteiger partial charge in [0.05, 0.1) is 12.2 Å². The molecule has 0 aliphatic carbocycles. The van der Waals surface area contributed by atoms with E-state index in [-0.39, 0.29) is 12.5 Å². The molecule has 138 valence electrons. The molecule has 27 heavy (non-hydrogen) atoms. The van der Waals surface area contributed by atoms with E-state index in [9.17, 15) is 9.18 Å². The quantitative estimate of drug-likeness (QED) is 0.676. The number of hydrogen-bond donors (Lipinski definition) is 1. The van der Waals surface area contributed by atoms with Gasteiger partial charge in [0, 0.05) is 24.4 Å². The third kappa shape index (κ3) is 4.82. The molecule has 0 aliphatic rings. The second kappa shape index (κ2) is 8.80. The van der Waals surface area contributed by atoms with Crippen molar-refractivity contribution in [1.29, 1.82) is 0 Å². The SMILES string of the molecule is CCOc1ccccc1C(=O)NCc1cccnc1Oc1cccc(F)c1. The number of rotatable bonds is 7.